The van der Waals surface area contributed by atoms with Crippen LogP contribution in [0.3, 0.4) is 0 Å². The van der Waals surface area contributed by atoms with Crippen molar-refractivity contribution in [1.29, 1.82) is 0 Å². The molecule has 0 aromatic heterocycles. The predicted octanol–water partition coefficient (Wildman–Crippen LogP) is 1.20. The number of hydrogen-bond acceptors (Lipinski definition) is 2. The lowest BCUT2D eigenvalue weighted by Crippen LogP contribution is -2.10. The summed E-state index contributed by atoms with van der Waals surface area (Å²) >= 11 is 1.27. The van der Waals surface area contributed by atoms with Gasteiger partial charge in [-0.1, -0.05) is 0 Å². The first-order chi connectivity index (χ1) is 4.27. The molecule has 0 heterocycles. The number of thioether (sulfide) groups is 1. The quantitative estimate of drug-likeness (QED) is 0.599. The molecule has 0 saturated heterocycles. The van der Waals surface area contributed by atoms with Crippen molar-refractivity contribution in [1.82, 2.24) is 5.32 Å². The van der Waals surface area contributed by atoms with E-state index in [4.69, 9.17) is 0 Å². The Balaban J connectivity index is 2.75. The zero-order valence-corrected chi connectivity index (χ0v) is 6.18. The maximum Gasteiger partial charge on any atom is 0.247 e. The molecule has 4 heteroatoms. The summed E-state index contributed by atoms with van der Waals surface area (Å²) in [5.74, 6) is 0.725. The van der Waals surface area contributed by atoms with Crippen LogP contribution >= 0.6 is 11.8 Å². The first-order valence-electron chi connectivity index (χ1n) is 2.78. The van der Waals surface area contributed by atoms with Crippen molar-refractivity contribution in [2.24, 2.45) is 0 Å². The predicted molar refractivity (Wildman–Crippen MR) is 37.3 cm³/mol. The van der Waals surface area contributed by atoms with E-state index in [0.29, 0.717) is 0 Å². The van der Waals surface area contributed by atoms with Gasteiger partial charge in [0.15, 0.2) is 0 Å². The van der Waals surface area contributed by atoms with Gasteiger partial charge in [0, 0.05) is 12.3 Å². The highest BCUT2D eigenvalue weighted by atomic mass is 32.2. The van der Waals surface area contributed by atoms with E-state index >= 15 is 0 Å². The van der Waals surface area contributed by atoms with Crippen LogP contribution in [0, 0.1) is 0 Å². The smallest absolute Gasteiger partial charge is 0.247 e. The number of hydrogen-bond donors (Lipinski definition) is 1. The van der Waals surface area contributed by atoms with E-state index in [1.165, 1.54) is 11.8 Å². The highest BCUT2D eigenvalue weighted by Crippen LogP contribution is 2.04. The van der Waals surface area contributed by atoms with Gasteiger partial charge in [0.25, 0.3) is 0 Å². The molecule has 0 unspecified atom stereocenters. The molecular weight excluding hydrogens is 144 g/mol. The van der Waals surface area contributed by atoms with E-state index in [2.05, 4.69) is 5.32 Å². The van der Waals surface area contributed by atoms with Crippen LogP contribution < -0.4 is 5.32 Å². The van der Waals surface area contributed by atoms with E-state index in [9.17, 15) is 8.78 Å². The Labute approximate surface area is 58.2 Å². The fourth-order valence-corrected chi connectivity index (χ4v) is 1.04. The fourth-order valence-electron chi connectivity index (χ4n) is 0.347. The minimum absolute atomic E-state index is 0.0400. The van der Waals surface area contributed by atoms with Gasteiger partial charge >= 0.3 is 0 Å². The van der Waals surface area contributed by atoms with Crippen molar-refractivity contribution in [2.45, 2.75) is 6.43 Å². The Kier molecular flexibility index (Phi) is 6.41. The monoisotopic (exact) mass is 155 g/mol. The molecule has 0 aromatic rings. The minimum atomic E-state index is -2.16. The standard InChI is InChI=1S/C5H11F2NS/c1-8-2-3-9-4-5(6)7/h5,8H,2-4H2,1H3. The maximum absolute atomic E-state index is 11.4. The van der Waals surface area contributed by atoms with Gasteiger partial charge in [-0.25, -0.2) is 8.78 Å². The van der Waals surface area contributed by atoms with Crippen molar-refractivity contribution in [2.75, 3.05) is 25.1 Å². The number of rotatable bonds is 5. The first kappa shape index (κ1) is 9.17. The maximum atomic E-state index is 11.4. The van der Waals surface area contributed by atoms with Gasteiger partial charge < -0.3 is 5.32 Å². The topological polar surface area (TPSA) is 12.0 Å². The summed E-state index contributed by atoms with van der Waals surface area (Å²) in [5.41, 5.74) is 0. The Morgan fingerprint density at radius 2 is 2.22 bits per heavy atom. The number of nitrogens with one attached hydrogen (secondary N) is 1. The molecule has 9 heavy (non-hydrogen) atoms. The Morgan fingerprint density at radius 1 is 1.56 bits per heavy atom. The molecule has 0 atom stereocenters. The molecule has 0 aromatic carbocycles. The third-order valence-corrected chi connectivity index (χ3v) is 1.72. The molecule has 0 saturated carbocycles. The Hall–Kier alpha value is 0.170. The molecule has 56 valence electrons. The van der Waals surface area contributed by atoms with E-state index in [0.717, 1.165) is 12.3 Å². The Bertz CT molecular complexity index is 60.9. The highest BCUT2D eigenvalue weighted by molar-refractivity contribution is 7.99. The third-order valence-electron chi connectivity index (χ3n) is 0.740. The molecule has 0 bridgehead atoms. The van der Waals surface area contributed by atoms with Crippen LogP contribution in [0.1, 0.15) is 0 Å². The average molecular weight is 155 g/mol. The summed E-state index contributed by atoms with van der Waals surface area (Å²) in [6.07, 6.45) is -2.16. The van der Waals surface area contributed by atoms with Crippen LogP contribution in [0.25, 0.3) is 0 Å². The molecule has 0 radical (unpaired) electrons. The molecule has 0 aliphatic heterocycles. The molecule has 1 nitrogen and oxygen atoms in total. The van der Waals surface area contributed by atoms with E-state index < -0.39 is 6.43 Å². The van der Waals surface area contributed by atoms with Gasteiger partial charge in [-0.2, -0.15) is 11.8 Å². The number of halogens is 2. The molecule has 0 aliphatic carbocycles. The molecular formula is C5H11F2NS. The van der Waals surface area contributed by atoms with E-state index in [1.807, 2.05) is 7.05 Å². The van der Waals surface area contributed by atoms with Crippen molar-refractivity contribution in [3.05, 3.63) is 0 Å². The van der Waals surface area contributed by atoms with Gasteiger partial charge in [-0.05, 0) is 7.05 Å². The normalized spacial score (nSPS) is 10.7. The second kappa shape index (κ2) is 6.29. The third kappa shape index (κ3) is 8.17. The highest BCUT2D eigenvalue weighted by Gasteiger charge is 1.99. The minimum Gasteiger partial charge on any atom is -0.319 e. The van der Waals surface area contributed by atoms with Gasteiger partial charge in [0.1, 0.15) is 0 Å². The summed E-state index contributed by atoms with van der Waals surface area (Å²) in [7, 11) is 1.81. The summed E-state index contributed by atoms with van der Waals surface area (Å²) in [6.45, 7) is 0.803. The summed E-state index contributed by atoms with van der Waals surface area (Å²) in [6, 6.07) is 0. The van der Waals surface area contributed by atoms with Crippen molar-refractivity contribution < 1.29 is 8.78 Å². The Morgan fingerprint density at radius 3 is 2.67 bits per heavy atom. The van der Waals surface area contributed by atoms with Crippen molar-refractivity contribution in [3.8, 4) is 0 Å². The van der Waals surface area contributed by atoms with Crippen LogP contribution in [0.5, 0.6) is 0 Å². The lowest BCUT2D eigenvalue weighted by Gasteiger charge is -1.98. The fraction of sp³-hybridized carbons (Fsp3) is 1.00. The number of alkyl halides is 2. The van der Waals surface area contributed by atoms with Crippen LogP contribution in [0.2, 0.25) is 0 Å². The van der Waals surface area contributed by atoms with E-state index in [-0.39, 0.29) is 5.75 Å². The zero-order chi connectivity index (χ0) is 7.11. The van der Waals surface area contributed by atoms with Crippen molar-refractivity contribution in [3.63, 3.8) is 0 Å². The average Bonchev–Trinajstić information content (AvgIpc) is 1.80. The van der Waals surface area contributed by atoms with Crippen LogP contribution in [0.4, 0.5) is 8.78 Å². The summed E-state index contributed by atoms with van der Waals surface area (Å²) < 4.78 is 22.8. The van der Waals surface area contributed by atoms with Gasteiger partial charge in [0.2, 0.25) is 6.43 Å². The van der Waals surface area contributed by atoms with Gasteiger partial charge in [-0.3, -0.25) is 0 Å². The second-order valence-electron chi connectivity index (χ2n) is 1.57. The molecule has 1 N–H and O–H groups in total. The van der Waals surface area contributed by atoms with Crippen LogP contribution in [0.15, 0.2) is 0 Å². The molecule has 0 rings (SSSR count). The summed E-state index contributed by atoms with van der Waals surface area (Å²) in [4.78, 5) is 0. The summed E-state index contributed by atoms with van der Waals surface area (Å²) in [5, 5.41) is 2.88. The van der Waals surface area contributed by atoms with Gasteiger partial charge in [-0.15, -0.1) is 0 Å². The lowest BCUT2D eigenvalue weighted by atomic mass is 10.8. The molecule has 0 fully saturated rings. The van der Waals surface area contributed by atoms with Gasteiger partial charge in [0.05, 0.1) is 5.75 Å². The second-order valence-corrected chi connectivity index (χ2v) is 2.72. The first-order valence-corrected chi connectivity index (χ1v) is 3.93. The zero-order valence-electron chi connectivity index (χ0n) is 5.36. The van der Waals surface area contributed by atoms with E-state index in [1.54, 1.807) is 0 Å². The SMILES string of the molecule is CNCCSCC(F)F. The van der Waals surface area contributed by atoms with Crippen LogP contribution in [-0.4, -0.2) is 31.5 Å². The molecule has 0 spiro atoms. The molecule has 0 aliphatic rings. The lowest BCUT2D eigenvalue weighted by molar-refractivity contribution is 0.177. The van der Waals surface area contributed by atoms with Crippen LogP contribution in [-0.2, 0) is 0 Å². The molecule has 0 amide bonds. The largest absolute Gasteiger partial charge is 0.319 e. The van der Waals surface area contributed by atoms with Crippen molar-refractivity contribution >= 4 is 11.8 Å².